The summed E-state index contributed by atoms with van der Waals surface area (Å²) < 4.78 is 5.80. The van der Waals surface area contributed by atoms with Crippen molar-refractivity contribution >= 4 is 17.7 Å². The molecular formula is C19H37N3OS. The molecule has 2 rings (SSSR count). The maximum absolute atomic E-state index is 5.54. The van der Waals surface area contributed by atoms with Gasteiger partial charge < -0.3 is 15.4 Å². The second-order valence-electron chi connectivity index (χ2n) is 7.69. The third kappa shape index (κ3) is 5.83. The molecule has 0 radical (unpaired) electrons. The second-order valence-corrected chi connectivity index (χ2v) is 8.97. The lowest BCUT2D eigenvalue weighted by Crippen LogP contribution is -2.46. The number of ether oxygens (including phenoxy) is 1. The van der Waals surface area contributed by atoms with E-state index < -0.39 is 0 Å². The quantitative estimate of drug-likeness (QED) is 0.564. The van der Waals surface area contributed by atoms with E-state index in [4.69, 9.17) is 9.73 Å². The van der Waals surface area contributed by atoms with Crippen LogP contribution < -0.4 is 10.6 Å². The molecule has 0 bridgehead atoms. The van der Waals surface area contributed by atoms with Gasteiger partial charge in [0, 0.05) is 30.5 Å². The van der Waals surface area contributed by atoms with Crippen LogP contribution in [-0.4, -0.2) is 49.3 Å². The van der Waals surface area contributed by atoms with Crippen molar-refractivity contribution in [3.8, 4) is 0 Å². The van der Waals surface area contributed by atoms with E-state index >= 15 is 0 Å². The van der Waals surface area contributed by atoms with Crippen molar-refractivity contribution in [3.63, 3.8) is 0 Å². The summed E-state index contributed by atoms with van der Waals surface area (Å²) in [5.74, 6) is 2.73. The summed E-state index contributed by atoms with van der Waals surface area (Å²) in [6.45, 7) is 10.4. The number of thioether (sulfide) groups is 1. The monoisotopic (exact) mass is 355 g/mol. The lowest BCUT2D eigenvalue weighted by molar-refractivity contribution is 0.0794. The van der Waals surface area contributed by atoms with Gasteiger partial charge in [0.2, 0.25) is 0 Å². The summed E-state index contributed by atoms with van der Waals surface area (Å²) >= 11 is 1.96. The van der Waals surface area contributed by atoms with Crippen molar-refractivity contribution in [3.05, 3.63) is 0 Å². The normalized spacial score (nSPS) is 28.0. The highest BCUT2D eigenvalue weighted by molar-refractivity contribution is 8.00. The average molecular weight is 356 g/mol. The van der Waals surface area contributed by atoms with Crippen LogP contribution in [0, 0.1) is 11.8 Å². The van der Waals surface area contributed by atoms with E-state index in [0.717, 1.165) is 56.9 Å². The summed E-state index contributed by atoms with van der Waals surface area (Å²) in [5, 5.41) is 7.14. The molecule has 2 fully saturated rings. The van der Waals surface area contributed by atoms with Crippen LogP contribution in [0.1, 0.15) is 59.3 Å². The Hall–Kier alpha value is -0.420. The van der Waals surface area contributed by atoms with E-state index in [9.17, 15) is 0 Å². The van der Waals surface area contributed by atoms with Gasteiger partial charge in [0.05, 0.1) is 6.54 Å². The molecule has 0 aromatic rings. The number of hydrogen-bond acceptors (Lipinski definition) is 3. The van der Waals surface area contributed by atoms with Gasteiger partial charge >= 0.3 is 0 Å². The van der Waals surface area contributed by atoms with Gasteiger partial charge in [0.15, 0.2) is 5.96 Å². The van der Waals surface area contributed by atoms with Gasteiger partial charge in [0.25, 0.3) is 0 Å². The van der Waals surface area contributed by atoms with Gasteiger partial charge in [0.1, 0.15) is 0 Å². The molecule has 24 heavy (non-hydrogen) atoms. The van der Waals surface area contributed by atoms with E-state index in [2.05, 4.69) is 37.7 Å². The molecule has 1 saturated carbocycles. The first-order chi connectivity index (χ1) is 11.6. The predicted octanol–water partition coefficient (Wildman–Crippen LogP) is 3.67. The molecule has 0 aromatic carbocycles. The molecule has 2 N–H and O–H groups in total. The molecule has 0 atom stereocenters. The molecule has 0 spiro atoms. The molecule has 0 amide bonds. The molecule has 0 aromatic heterocycles. The Bertz CT molecular complexity index is 386. The standard InChI is InChI=1S/C19H37N3OS/c1-5-20-18(21-14-19(24-4)10-12-23-13-11-19)22-17-8-6-16(7-9-17)15(2)3/h15-17H,5-14H2,1-4H3,(H2,20,21,22). The van der Waals surface area contributed by atoms with Crippen LogP contribution in [0.5, 0.6) is 0 Å². The second kappa shape index (κ2) is 9.91. The van der Waals surface area contributed by atoms with Crippen LogP contribution in [0.15, 0.2) is 4.99 Å². The summed E-state index contributed by atoms with van der Waals surface area (Å²) in [5.41, 5.74) is 0. The number of rotatable bonds is 6. The van der Waals surface area contributed by atoms with Crippen molar-refractivity contribution < 1.29 is 4.74 Å². The van der Waals surface area contributed by atoms with Crippen LogP contribution in [0.4, 0.5) is 0 Å². The zero-order chi connectivity index (χ0) is 17.4. The minimum atomic E-state index is 0.260. The fourth-order valence-corrected chi connectivity index (χ4v) is 4.61. The maximum atomic E-state index is 5.54. The molecule has 1 heterocycles. The number of guanidine groups is 1. The van der Waals surface area contributed by atoms with Crippen molar-refractivity contribution in [2.75, 3.05) is 32.6 Å². The Morgan fingerprint density at radius 3 is 2.42 bits per heavy atom. The lowest BCUT2D eigenvalue weighted by Gasteiger charge is -2.35. The highest BCUT2D eigenvalue weighted by Crippen LogP contribution is 2.34. The van der Waals surface area contributed by atoms with Crippen LogP contribution in [-0.2, 0) is 4.74 Å². The number of nitrogens with one attached hydrogen (secondary N) is 2. The largest absolute Gasteiger partial charge is 0.381 e. The Labute approximate surface area is 153 Å². The van der Waals surface area contributed by atoms with Crippen LogP contribution in [0.25, 0.3) is 0 Å². The highest BCUT2D eigenvalue weighted by Gasteiger charge is 2.32. The van der Waals surface area contributed by atoms with Crippen LogP contribution >= 0.6 is 11.8 Å². The first-order valence-corrected chi connectivity index (χ1v) is 11.0. The van der Waals surface area contributed by atoms with Gasteiger partial charge in [-0.15, -0.1) is 0 Å². The molecule has 2 aliphatic rings. The zero-order valence-corrected chi connectivity index (χ0v) is 16.9. The third-order valence-corrected chi connectivity index (χ3v) is 7.17. The average Bonchev–Trinajstić information content (AvgIpc) is 2.61. The summed E-state index contributed by atoms with van der Waals surface area (Å²) in [4.78, 5) is 4.95. The van der Waals surface area contributed by atoms with Crippen LogP contribution in [0.3, 0.4) is 0 Å². The van der Waals surface area contributed by atoms with Crippen LogP contribution in [0.2, 0.25) is 0 Å². The molecule has 1 aliphatic heterocycles. The van der Waals surface area contributed by atoms with Gasteiger partial charge in [-0.05, 0) is 63.5 Å². The first kappa shape index (κ1) is 19.9. The highest BCUT2D eigenvalue weighted by atomic mass is 32.2. The molecule has 0 unspecified atom stereocenters. The van der Waals surface area contributed by atoms with Gasteiger partial charge in [-0.2, -0.15) is 11.8 Å². The van der Waals surface area contributed by atoms with E-state index in [1.807, 2.05) is 11.8 Å². The zero-order valence-electron chi connectivity index (χ0n) is 16.1. The first-order valence-electron chi connectivity index (χ1n) is 9.76. The van der Waals surface area contributed by atoms with Crippen molar-refractivity contribution in [2.24, 2.45) is 16.8 Å². The van der Waals surface area contributed by atoms with Crippen molar-refractivity contribution in [2.45, 2.75) is 70.1 Å². The minimum absolute atomic E-state index is 0.260. The summed E-state index contributed by atoms with van der Waals surface area (Å²) in [7, 11) is 0. The van der Waals surface area contributed by atoms with E-state index in [0.29, 0.717) is 6.04 Å². The smallest absolute Gasteiger partial charge is 0.191 e. The molecule has 4 nitrogen and oxygen atoms in total. The number of nitrogens with zero attached hydrogens (tertiary/aromatic N) is 1. The third-order valence-electron chi connectivity index (χ3n) is 5.76. The number of hydrogen-bond donors (Lipinski definition) is 2. The van der Waals surface area contributed by atoms with Gasteiger partial charge in [-0.25, -0.2) is 0 Å². The van der Waals surface area contributed by atoms with Crippen molar-refractivity contribution in [1.82, 2.24) is 10.6 Å². The Morgan fingerprint density at radius 2 is 1.88 bits per heavy atom. The van der Waals surface area contributed by atoms with E-state index in [-0.39, 0.29) is 4.75 Å². The molecule has 5 heteroatoms. The summed E-state index contributed by atoms with van der Waals surface area (Å²) in [6.07, 6.45) is 9.67. The number of aliphatic imine (C=N–C) groups is 1. The molecular weight excluding hydrogens is 318 g/mol. The molecule has 140 valence electrons. The Morgan fingerprint density at radius 1 is 1.21 bits per heavy atom. The van der Waals surface area contributed by atoms with Gasteiger partial charge in [-0.3, -0.25) is 4.99 Å². The lowest BCUT2D eigenvalue weighted by atomic mass is 9.80. The SMILES string of the molecule is CCNC(=NCC1(SC)CCOCC1)NC1CCC(C(C)C)CC1. The Kier molecular flexibility index (Phi) is 8.21. The van der Waals surface area contributed by atoms with Gasteiger partial charge in [-0.1, -0.05) is 13.8 Å². The molecule has 1 aliphatic carbocycles. The Balaban J connectivity index is 1.89. The van der Waals surface area contributed by atoms with E-state index in [1.54, 1.807) is 0 Å². The van der Waals surface area contributed by atoms with Crippen molar-refractivity contribution in [1.29, 1.82) is 0 Å². The fourth-order valence-electron chi connectivity index (χ4n) is 3.84. The topological polar surface area (TPSA) is 45.7 Å². The minimum Gasteiger partial charge on any atom is -0.381 e. The maximum Gasteiger partial charge on any atom is 0.191 e. The van der Waals surface area contributed by atoms with E-state index in [1.165, 1.54) is 25.7 Å². The molecule has 1 saturated heterocycles. The summed E-state index contributed by atoms with van der Waals surface area (Å²) in [6, 6.07) is 0.581. The fraction of sp³-hybridized carbons (Fsp3) is 0.947. The predicted molar refractivity (Wildman–Crippen MR) is 106 cm³/mol.